The van der Waals surface area contributed by atoms with Gasteiger partial charge in [0.25, 0.3) is 0 Å². The van der Waals surface area contributed by atoms with E-state index in [0.717, 1.165) is 11.3 Å². The molecule has 0 atom stereocenters. The van der Waals surface area contributed by atoms with Crippen LogP contribution in [0.15, 0.2) is 65.4 Å². The molecule has 0 aliphatic rings. The number of H-pyrrole nitrogens is 1. The molecule has 0 aliphatic heterocycles. The molecule has 2 aromatic heterocycles. The number of aromatic amines is 1. The van der Waals surface area contributed by atoms with Crippen molar-refractivity contribution in [3.63, 3.8) is 0 Å². The third-order valence-corrected chi connectivity index (χ3v) is 4.65. The topological polar surface area (TPSA) is 95.3 Å². The molecule has 1 N–H and O–H groups in total. The van der Waals surface area contributed by atoms with Crippen LogP contribution >= 0.6 is 0 Å². The lowest BCUT2D eigenvalue weighted by Gasteiger charge is -2.08. The summed E-state index contributed by atoms with van der Waals surface area (Å²) in [7, 11) is 0. The third-order valence-electron chi connectivity index (χ3n) is 4.65. The molecule has 0 radical (unpaired) electrons. The molecule has 0 saturated heterocycles. The number of nitrogens with one attached hydrogen (secondary N) is 1. The van der Waals surface area contributed by atoms with Gasteiger partial charge in [-0.2, -0.15) is 0 Å². The fourth-order valence-electron chi connectivity index (χ4n) is 2.97. The highest BCUT2D eigenvalue weighted by Gasteiger charge is 2.30. The van der Waals surface area contributed by atoms with E-state index in [1.165, 1.54) is 30.5 Å². The minimum absolute atomic E-state index is 0.217. The number of ether oxygens (including phenoxy) is 3. The minimum Gasteiger partial charge on any atom is -0.487 e. The van der Waals surface area contributed by atoms with Crippen LogP contribution in [0.1, 0.15) is 28.4 Å². The second-order valence-corrected chi connectivity index (χ2v) is 7.33. The number of aromatic nitrogens is 4. The number of hydrogen-bond donors (Lipinski definition) is 1. The van der Waals surface area contributed by atoms with Crippen molar-refractivity contribution in [2.75, 3.05) is 6.61 Å². The Morgan fingerprint density at radius 3 is 2.40 bits per heavy atom. The van der Waals surface area contributed by atoms with Gasteiger partial charge in [-0.1, -0.05) is 29.5 Å². The summed E-state index contributed by atoms with van der Waals surface area (Å²) in [5.74, 6) is 0.739. The second kappa shape index (κ2) is 11.3. The maximum absolute atomic E-state index is 12.2. The van der Waals surface area contributed by atoms with Crippen LogP contribution in [0.5, 0.6) is 11.5 Å². The smallest absolute Gasteiger partial charge is 0.487 e. The van der Waals surface area contributed by atoms with Gasteiger partial charge in [-0.3, -0.25) is 5.10 Å². The van der Waals surface area contributed by atoms with Gasteiger partial charge in [0.1, 0.15) is 30.1 Å². The summed E-state index contributed by atoms with van der Waals surface area (Å²) in [5.41, 5.74) is 3.13. The lowest BCUT2D eigenvalue weighted by atomic mass is 10.2. The first kappa shape index (κ1) is 24.0. The van der Waals surface area contributed by atoms with E-state index in [0.29, 0.717) is 42.5 Å². The fourth-order valence-corrected chi connectivity index (χ4v) is 2.97. The number of halogens is 3. The van der Waals surface area contributed by atoms with Crippen molar-refractivity contribution in [3.05, 3.63) is 89.4 Å². The highest BCUT2D eigenvalue weighted by Crippen LogP contribution is 2.23. The fraction of sp³-hybridized carbons (Fsp3) is 0.208. The summed E-state index contributed by atoms with van der Waals surface area (Å²) in [6, 6.07) is 13.0. The molecule has 0 saturated carbocycles. The van der Waals surface area contributed by atoms with Crippen LogP contribution < -0.4 is 9.47 Å². The maximum atomic E-state index is 12.2. The van der Waals surface area contributed by atoms with Crippen LogP contribution in [0.2, 0.25) is 0 Å². The zero-order chi connectivity index (χ0) is 24.5. The van der Waals surface area contributed by atoms with E-state index in [4.69, 9.17) is 13.9 Å². The zero-order valence-electron chi connectivity index (χ0n) is 18.4. The van der Waals surface area contributed by atoms with E-state index in [1.54, 1.807) is 18.3 Å². The summed E-state index contributed by atoms with van der Waals surface area (Å²) in [5, 5.41) is 10.2. The number of alkyl halides is 3. The van der Waals surface area contributed by atoms with Crippen molar-refractivity contribution in [3.8, 4) is 11.5 Å². The number of oxazole rings is 1. The average molecular weight is 486 g/mol. The Kier molecular flexibility index (Phi) is 7.78. The van der Waals surface area contributed by atoms with Crippen molar-refractivity contribution in [1.82, 2.24) is 20.4 Å². The molecule has 8 nitrogen and oxygen atoms in total. The Labute approximate surface area is 198 Å². The molecule has 182 valence electrons. The average Bonchev–Trinajstić information content (AvgIpc) is 3.52. The van der Waals surface area contributed by atoms with E-state index in [-0.39, 0.29) is 12.4 Å². The first-order valence-corrected chi connectivity index (χ1v) is 10.6. The highest BCUT2D eigenvalue weighted by molar-refractivity contribution is 5.66. The predicted octanol–water partition coefficient (Wildman–Crippen LogP) is 5.20. The van der Waals surface area contributed by atoms with Gasteiger partial charge in [0.15, 0.2) is 0 Å². The zero-order valence-corrected chi connectivity index (χ0v) is 18.4. The molecule has 4 aromatic rings. The van der Waals surface area contributed by atoms with Gasteiger partial charge in [0, 0.05) is 18.7 Å². The Morgan fingerprint density at radius 1 is 0.914 bits per heavy atom. The SMILES string of the molecule is FC(F)(F)Oc1ccc(C=Cc2nc(COc3ccc(COCCc4c[nH]nn4)cc3)co2)cc1. The maximum Gasteiger partial charge on any atom is 0.573 e. The molecular formula is C24H21F3N4O4. The van der Waals surface area contributed by atoms with Crippen molar-refractivity contribution >= 4 is 12.2 Å². The molecule has 11 heteroatoms. The molecule has 0 unspecified atom stereocenters. The monoisotopic (exact) mass is 486 g/mol. The van der Waals surface area contributed by atoms with Crippen LogP contribution in [0, 0.1) is 0 Å². The summed E-state index contributed by atoms with van der Waals surface area (Å²) in [6.45, 7) is 1.25. The van der Waals surface area contributed by atoms with Gasteiger partial charge in [0.05, 0.1) is 18.9 Å². The van der Waals surface area contributed by atoms with E-state index in [2.05, 4.69) is 25.1 Å². The van der Waals surface area contributed by atoms with Gasteiger partial charge in [-0.05, 0) is 41.5 Å². The molecular weight excluding hydrogens is 465 g/mol. The van der Waals surface area contributed by atoms with Gasteiger partial charge < -0.3 is 18.6 Å². The van der Waals surface area contributed by atoms with Crippen molar-refractivity contribution < 1.29 is 31.8 Å². The molecule has 0 spiro atoms. The number of nitrogens with zero attached hydrogens (tertiary/aromatic N) is 3. The molecule has 0 aliphatic carbocycles. The number of hydrogen-bond acceptors (Lipinski definition) is 7. The minimum atomic E-state index is -4.72. The predicted molar refractivity (Wildman–Crippen MR) is 119 cm³/mol. The van der Waals surface area contributed by atoms with E-state index >= 15 is 0 Å². The Balaban J connectivity index is 1.20. The first-order valence-electron chi connectivity index (χ1n) is 10.6. The van der Waals surface area contributed by atoms with Crippen LogP contribution in [-0.2, 0) is 24.4 Å². The first-order chi connectivity index (χ1) is 16.9. The molecule has 4 rings (SSSR count). The molecule has 0 fully saturated rings. The summed E-state index contributed by atoms with van der Waals surface area (Å²) in [6.07, 6.45) is 2.47. The number of rotatable bonds is 11. The van der Waals surface area contributed by atoms with Crippen LogP contribution in [-0.4, -0.2) is 33.4 Å². The van der Waals surface area contributed by atoms with Crippen molar-refractivity contribution in [2.24, 2.45) is 0 Å². The standard InChI is InChI=1S/C24H21F3N4O4/c25-24(26,27)35-22-8-1-17(2-9-22)5-10-23-29-20(16-34-23)15-33-21-6-3-18(4-7-21)14-32-12-11-19-13-28-31-30-19/h1-10,13,16H,11-12,14-15H2,(H,28,30,31). The lowest BCUT2D eigenvalue weighted by Crippen LogP contribution is -2.16. The van der Waals surface area contributed by atoms with Gasteiger partial charge >= 0.3 is 6.36 Å². The molecule has 35 heavy (non-hydrogen) atoms. The second-order valence-electron chi connectivity index (χ2n) is 7.33. The van der Waals surface area contributed by atoms with Crippen LogP contribution in [0.25, 0.3) is 12.2 Å². The van der Waals surface area contributed by atoms with E-state index < -0.39 is 6.36 Å². The normalized spacial score (nSPS) is 11.7. The van der Waals surface area contributed by atoms with Crippen LogP contribution in [0.3, 0.4) is 0 Å². The lowest BCUT2D eigenvalue weighted by molar-refractivity contribution is -0.274. The van der Waals surface area contributed by atoms with Gasteiger partial charge in [0.2, 0.25) is 5.89 Å². The Morgan fingerprint density at radius 2 is 1.69 bits per heavy atom. The van der Waals surface area contributed by atoms with Crippen LogP contribution in [0.4, 0.5) is 13.2 Å². The van der Waals surface area contributed by atoms with Crippen molar-refractivity contribution in [1.29, 1.82) is 0 Å². The van der Waals surface area contributed by atoms with E-state index in [1.807, 2.05) is 24.3 Å². The summed E-state index contributed by atoms with van der Waals surface area (Å²) in [4.78, 5) is 4.31. The molecule has 2 heterocycles. The summed E-state index contributed by atoms with van der Waals surface area (Å²) >= 11 is 0. The quantitative estimate of drug-likeness (QED) is 0.291. The Hall–Kier alpha value is -4.12. The molecule has 2 aromatic carbocycles. The number of benzene rings is 2. The Bertz CT molecular complexity index is 1210. The summed E-state index contributed by atoms with van der Waals surface area (Å²) < 4.78 is 57.3. The molecule has 0 amide bonds. The van der Waals surface area contributed by atoms with Gasteiger partial charge in [-0.25, -0.2) is 4.98 Å². The third kappa shape index (κ3) is 8.00. The van der Waals surface area contributed by atoms with Crippen molar-refractivity contribution in [2.45, 2.75) is 26.0 Å². The largest absolute Gasteiger partial charge is 0.573 e. The highest BCUT2D eigenvalue weighted by atomic mass is 19.4. The van der Waals surface area contributed by atoms with Gasteiger partial charge in [-0.15, -0.1) is 18.3 Å². The van der Waals surface area contributed by atoms with E-state index in [9.17, 15) is 13.2 Å². The molecule has 0 bridgehead atoms.